The molecule has 2 unspecified atom stereocenters. The van der Waals surface area contributed by atoms with Crippen molar-refractivity contribution in [3.63, 3.8) is 0 Å². The molecule has 0 saturated heterocycles. The van der Waals surface area contributed by atoms with Gasteiger partial charge >= 0.3 is 0 Å². The van der Waals surface area contributed by atoms with Crippen LogP contribution in [-0.2, 0) is 0 Å². The van der Waals surface area contributed by atoms with Gasteiger partial charge in [0, 0.05) is 18.2 Å². The second kappa shape index (κ2) is 6.06. The minimum absolute atomic E-state index is 0.210. The van der Waals surface area contributed by atoms with Gasteiger partial charge in [0.2, 0.25) is 0 Å². The van der Waals surface area contributed by atoms with Crippen LogP contribution in [0.1, 0.15) is 30.4 Å². The molecule has 19 heavy (non-hydrogen) atoms. The Morgan fingerprint density at radius 3 is 2.79 bits per heavy atom. The first-order chi connectivity index (χ1) is 9.06. The van der Waals surface area contributed by atoms with E-state index in [0.717, 1.165) is 24.9 Å². The quantitative estimate of drug-likeness (QED) is 0.577. The summed E-state index contributed by atoms with van der Waals surface area (Å²) in [6, 6.07) is 6.11. The molecule has 2 atom stereocenters. The van der Waals surface area contributed by atoms with Crippen molar-refractivity contribution in [3.05, 3.63) is 29.3 Å². The van der Waals surface area contributed by atoms with E-state index >= 15 is 0 Å². The number of anilines is 1. The molecular formula is C15H23N3O. The standard InChI is InChI=1S/C15H23N3O/c1-10-6-7-13(8-11(10)2)18-15(16)17-9-12-4-3-5-14(12)19/h6-8,12,14,19H,3-5,9H2,1-2H3,(H3,16,17,18). The van der Waals surface area contributed by atoms with Crippen molar-refractivity contribution in [2.24, 2.45) is 16.6 Å². The number of hydrogen-bond donors (Lipinski definition) is 3. The SMILES string of the molecule is Cc1ccc(NC(N)=NCC2CCCC2O)cc1C. The van der Waals surface area contributed by atoms with Crippen LogP contribution in [0.15, 0.2) is 23.2 Å². The van der Waals surface area contributed by atoms with E-state index in [9.17, 15) is 5.11 Å². The highest BCUT2D eigenvalue weighted by molar-refractivity contribution is 5.92. The molecule has 1 aromatic carbocycles. The number of nitrogens with zero attached hydrogens (tertiary/aromatic N) is 1. The third kappa shape index (κ3) is 3.70. The summed E-state index contributed by atoms with van der Waals surface area (Å²) in [6.45, 7) is 4.76. The van der Waals surface area contributed by atoms with Crippen LogP contribution < -0.4 is 11.1 Å². The molecule has 0 radical (unpaired) electrons. The van der Waals surface area contributed by atoms with E-state index in [4.69, 9.17) is 5.73 Å². The highest BCUT2D eigenvalue weighted by atomic mass is 16.3. The number of aliphatic hydroxyl groups excluding tert-OH is 1. The van der Waals surface area contributed by atoms with Crippen LogP contribution in [0.4, 0.5) is 5.69 Å². The van der Waals surface area contributed by atoms with Crippen LogP contribution in [0, 0.1) is 19.8 Å². The number of benzene rings is 1. The van der Waals surface area contributed by atoms with Crippen molar-refractivity contribution >= 4 is 11.6 Å². The average molecular weight is 261 g/mol. The Kier molecular flexibility index (Phi) is 4.43. The molecule has 1 aliphatic carbocycles. The molecule has 2 rings (SSSR count). The maximum Gasteiger partial charge on any atom is 0.193 e. The molecule has 0 heterocycles. The third-order valence-electron chi connectivity index (χ3n) is 3.89. The van der Waals surface area contributed by atoms with E-state index in [2.05, 4.69) is 36.3 Å². The van der Waals surface area contributed by atoms with Crippen molar-refractivity contribution in [2.45, 2.75) is 39.2 Å². The predicted octanol–water partition coefficient (Wildman–Crippen LogP) is 2.19. The zero-order chi connectivity index (χ0) is 13.8. The second-order valence-electron chi connectivity index (χ2n) is 5.41. The Hall–Kier alpha value is -1.55. The summed E-state index contributed by atoms with van der Waals surface area (Å²) < 4.78 is 0. The van der Waals surface area contributed by atoms with Gasteiger partial charge in [-0.05, 0) is 49.9 Å². The lowest BCUT2D eigenvalue weighted by atomic mass is 10.1. The van der Waals surface area contributed by atoms with E-state index in [1.165, 1.54) is 11.1 Å². The Bertz CT molecular complexity index is 470. The lowest BCUT2D eigenvalue weighted by molar-refractivity contribution is 0.137. The normalized spacial score (nSPS) is 23.6. The molecule has 1 fully saturated rings. The molecule has 0 bridgehead atoms. The first-order valence-corrected chi connectivity index (χ1v) is 6.88. The fourth-order valence-electron chi connectivity index (χ4n) is 2.45. The molecule has 4 heteroatoms. The van der Waals surface area contributed by atoms with Crippen LogP contribution in [0.2, 0.25) is 0 Å². The van der Waals surface area contributed by atoms with Crippen molar-refractivity contribution in [3.8, 4) is 0 Å². The monoisotopic (exact) mass is 261 g/mol. The maximum atomic E-state index is 9.73. The van der Waals surface area contributed by atoms with Crippen molar-refractivity contribution in [2.75, 3.05) is 11.9 Å². The number of guanidine groups is 1. The van der Waals surface area contributed by atoms with Gasteiger partial charge in [0.05, 0.1) is 6.10 Å². The van der Waals surface area contributed by atoms with Gasteiger partial charge in [0.15, 0.2) is 5.96 Å². The Morgan fingerprint density at radius 1 is 1.37 bits per heavy atom. The minimum atomic E-state index is -0.210. The van der Waals surface area contributed by atoms with E-state index in [0.29, 0.717) is 12.5 Å². The summed E-state index contributed by atoms with van der Waals surface area (Å²) in [5, 5.41) is 12.8. The van der Waals surface area contributed by atoms with Gasteiger partial charge < -0.3 is 16.2 Å². The number of nitrogens with two attached hydrogens (primary N) is 1. The van der Waals surface area contributed by atoms with Crippen LogP contribution in [-0.4, -0.2) is 23.7 Å². The number of aliphatic imine (C=N–C) groups is 1. The van der Waals surface area contributed by atoms with Crippen LogP contribution in [0.25, 0.3) is 0 Å². The Morgan fingerprint density at radius 2 is 2.16 bits per heavy atom. The third-order valence-corrected chi connectivity index (χ3v) is 3.89. The Balaban J connectivity index is 1.92. The van der Waals surface area contributed by atoms with Gasteiger partial charge in [-0.15, -0.1) is 0 Å². The highest BCUT2D eigenvalue weighted by Gasteiger charge is 2.24. The predicted molar refractivity (Wildman–Crippen MR) is 79.4 cm³/mol. The molecule has 4 N–H and O–H groups in total. The summed E-state index contributed by atoms with van der Waals surface area (Å²) in [5.74, 6) is 0.683. The van der Waals surface area contributed by atoms with Crippen LogP contribution in [0.5, 0.6) is 0 Å². The maximum absolute atomic E-state index is 9.73. The second-order valence-corrected chi connectivity index (χ2v) is 5.41. The summed E-state index contributed by atoms with van der Waals surface area (Å²) in [6.07, 6.45) is 2.82. The molecule has 0 spiro atoms. The molecular weight excluding hydrogens is 238 g/mol. The first kappa shape index (κ1) is 13.9. The van der Waals surface area contributed by atoms with Gasteiger partial charge in [-0.25, -0.2) is 0 Å². The summed E-state index contributed by atoms with van der Waals surface area (Å²) in [4.78, 5) is 4.33. The first-order valence-electron chi connectivity index (χ1n) is 6.88. The molecule has 104 valence electrons. The van der Waals surface area contributed by atoms with E-state index < -0.39 is 0 Å². The number of aryl methyl sites for hydroxylation is 2. The average Bonchev–Trinajstić information content (AvgIpc) is 2.77. The van der Waals surface area contributed by atoms with Gasteiger partial charge in [-0.3, -0.25) is 4.99 Å². The molecule has 1 aliphatic rings. The van der Waals surface area contributed by atoms with Crippen molar-refractivity contribution in [1.29, 1.82) is 0 Å². The molecule has 0 amide bonds. The summed E-state index contributed by atoms with van der Waals surface area (Å²) >= 11 is 0. The van der Waals surface area contributed by atoms with Gasteiger partial charge in [0.25, 0.3) is 0 Å². The zero-order valence-electron chi connectivity index (χ0n) is 11.7. The largest absolute Gasteiger partial charge is 0.393 e. The number of nitrogens with one attached hydrogen (secondary N) is 1. The lowest BCUT2D eigenvalue weighted by Crippen LogP contribution is -2.25. The highest BCUT2D eigenvalue weighted by Crippen LogP contribution is 2.25. The van der Waals surface area contributed by atoms with Crippen molar-refractivity contribution < 1.29 is 5.11 Å². The summed E-state index contributed by atoms with van der Waals surface area (Å²) in [5.41, 5.74) is 9.31. The fourth-order valence-corrected chi connectivity index (χ4v) is 2.45. The zero-order valence-corrected chi connectivity index (χ0v) is 11.7. The van der Waals surface area contributed by atoms with Crippen LogP contribution >= 0.6 is 0 Å². The van der Waals surface area contributed by atoms with E-state index in [-0.39, 0.29) is 12.0 Å². The molecule has 4 nitrogen and oxygen atoms in total. The van der Waals surface area contributed by atoms with Gasteiger partial charge in [-0.1, -0.05) is 12.5 Å². The molecule has 0 aromatic heterocycles. The van der Waals surface area contributed by atoms with Crippen LogP contribution in [0.3, 0.4) is 0 Å². The smallest absolute Gasteiger partial charge is 0.193 e. The number of aliphatic hydroxyl groups is 1. The molecule has 1 saturated carbocycles. The van der Waals surface area contributed by atoms with E-state index in [1.807, 2.05) is 6.07 Å². The lowest BCUT2D eigenvalue weighted by Gasteiger charge is -2.12. The molecule has 1 aromatic rings. The van der Waals surface area contributed by atoms with Gasteiger partial charge in [0.1, 0.15) is 0 Å². The number of hydrogen-bond acceptors (Lipinski definition) is 2. The fraction of sp³-hybridized carbons (Fsp3) is 0.533. The minimum Gasteiger partial charge on any atom is -0.393 e. The van der Waals surface area contributed by atoms with E-state index in [1.54, 1.807) is 0 Å². The Labute approximate surface area is 114 Å². The van der Waals surface area contributed by atoms with Gasteiger partial charge in [-0.2, -0.15) is 0 Å². The number of rotatable bonds is 3. The molecule has 0 aliphatic heterocycles. The van der Waals surface area contributed by atoms with Crippen molar-refractivity contribution in [1.82, 2.24) is 0 Å². The summed E-state index contributed by atoms with van der Waals surface area (Å²) in [7, 11) is 0. The topological polar surface area (TPSA) is 70.6 Å².